The lowest BCUT2D eigenvalue weighted by atomic mass is 9.93. The molecule has 0 radical (unpaired) electrons. The molecule has 2 aliphatic heterocycles. The fraction of sp³-hybridized carbons (Fsp3) is 0.0976. The van der Waals surface area contributed by atoms with Crippen LogP contribution >= 0.6 is 0 Å². The van der Waals surface area contributed by atoms with Crippen LogP contribution in [0.15, 0.2) is 169 Å². The summed E-state index contributed by atoms with van der Waals surface area (Å²) in [4.78, 5) is 13.4. The van der Waals surface area contributed by atoms with Crippen LogP contribution in [-0.2, 0) is 14.3 Å². The highest BCUT2D eigenvalue weighted by molar-refractivity contribution is 5.91. The number of rotatable bonds is 6. The van der Waals surface area contributed by atoms with E-state index in [1.807, 2.05) is 146 Å². The van der Waals surface area contributed by atoms with Crippen LogP contribution in [0.2, 0.25) is 0 Å². The molecule has 5 heteroatoms. The molecule has 0 saturated heterocycles. The van der Waals surface area contributed by atoms with E-state index in [9.17, 15) is 15.0 Å². The Morgan fingerprint density at radius 2 is 0.804 bits per heavy atom. The molecular formula is C41H30O5-2. The van der Waals surface area contributed by atoms with Crippen LogP contribution in [0.1, 0.15) is 22.3 Å². The third-order valence-corrected chi connectivity index (χ3v) is 8.31. The summed E-state index contributed by atoms with van der Waals surface area (Å²) in [5.41, 5.74) is 4.74. The lowest BCUT2D eigenvalue weighted by molar-refractivity contribution is -0.458. The summed E-state index contributed by atoms with van der Waals surface area (Å²) in [6.45, 7) is 0. The van der Waals surface area contributed by atoms with E-state index in [1.54, 1.807) is 12.2 Å². The van der Waals surface area contributed by atoms with Gasteiger partial charge in [-0.05, 0) is 41.4 Å². The highest BCUT2D eigenvalue weighted by Gasteiger charge is 2.36. The smallest absolute Gasteiger partial charge is 0.135 e. The number of Topliss-reactive ketones (excluding diaryl/α,β-unsaturated/α-hetero) is 1. The van der Waals surface area contributed by atoms with Gasteiger partial charge in [-0.2, -0.15) is 0 Å². The second kappa shape index (κ2) is 12.9. The fourth-order valence-corrected chi connectivity index (χ4v) is 5.96. The molecule has 46 heavy (non-hydrogen) atoms. The Hall–Kier alpha value is -5.49. The summed E-state index contributed by atoms with van der Waals surface area (Å²) in [5, 5.41) is 27.4. The topological polar surface area (TPSA) is 81.7 Å². The van der Waals surface area contributed by atoms with Crippen molar-refractivity contribution < 1.29 is 24.5 Å². The molecule has 4 atom stereocenters. The second-order valence-electron chi connectivity index (χ2n) is 11.4. The molecule has 0 spiro atoms. The third kappa shape index (κ3) is 6.07. The van der Waals surface area contributed by atoms with E-state index >= 15 is 0 Å². The molecule has 226 valence electrons. The van der Waals surface area contributed by atoms with Crippen molar-refractivity contribution in [2.75, 3.05) is 0 Å². The van der Waals surface area contributed by atoms with Gasteiger partial charge in [0.25, 0.3) is 0 Å². The first kappa shape index (κ1) is 29.2. The summed E-state index contributed by atoms with van der Waals surface area (Å²) in [6.07, 6.45) is 7.42. The van der Waals surface area contributed by atoms with Gasteiger partial charge in [0.2, 0.25) is 0 Å². The fourth-order valence-electron chi connectivity index (χ4n) is 5.96. The van der Waals surface area contributed by atoms with Crippen molar-refractivity contribution in [1.82, 2.24) is 0 Å². The zero-order valence-electron chi connectivity index (χ0n) is 24.9. The molecule has 4 aromatic carbocycles. The van der Waals surface area contributed by atoms with Crippen LogP contribution in [-0.4, -0.2) is 18.0 Å². The second-order valence-corrected chi connectivity index (χ2v) is 11.4. The molecule has 3 aliphatic rings. The van der Waals surface area contributed by atoms with E-state index < -0.39 is 29.8 Å². The van der Waals surface area contributed by atoms with Gasteiger partial charge >= 0.3 is 0 Å². The highest BCUT2D eigenvalue weighted by Crippen LogP contribution is 2.37. The Morgan fingerprint density at radius 1 is 0.478 bits per heavy atom. The molecule has 0 bridgehead atoms. The van der Waals surface area contributed by atoms with Gasteiger partial charge in [-0.15, -0.1) is 6.10 Å². The SMILES string of the molecule is O=C1C([O-])C(C=C2C=C(c3ccccc3)OC(c3ccccc3)=C2)C([O-])C1C=C1C=C(c2ccccc2)OC(c2ccccc2)=C1. The van der Waals surface area contributed by atoms with Gasteiger partial charge in [-0.3, -0.25) is 0 Å². The highest BCUT2D eigenvalue weighted by atomic mass is 16.5. The maximum Gasteiger partial charge on any atom is 0.135 e. The number of allylic oxidation sites excluding steroid dienone is 6. The normalized spacial score (nSPS) is 22.5. The Balaban J connectivity index is 1.24. The van der Waals surface area contributed by atoms with Crippen molar-refractivity contribution in [2.24, 2.45) is 11.8 Å². The maximum atomic E-state index is 13.9. The Labute approximate surface area is 268 Å². The maximum absolute atomic E-state index is 13.9. The monoisotopic (exact) mass is 602 g/mol. The number of benzene rings is 4. The number of carbonyl (C=O) groups is 1. The van der Waals surface area contributed by atoms with Crippen molar-refractivity contribution in [1.29, 1.82) is 0 Å². The Kier molecular flexibility index (Phi) is 8.17. The van der Waals surface area contributed by atoms with Crippen molar-refractivity contribution in [3.8, 4) is 0 Å². The molecule has 0 N–H and O–H groups in total. The van der Waals surface area contributed by atoms with Crippen LogP contribution in [0.5, 0.6) is 0 Å². The summed E-state index contributed by atoms with van der Waals surface area (Å²) < 4.78 is 12.5. The Bertz CT molecular complexity index is 1800. The predicted octanol–water partition coefficient (Wildman–Crippen LogP) is 6.34. The largest absolute Gasteiger partial charge is 0.851 e. The van der Waals surface area contributed by atoms with Crippen LogP contribution in [0.4, 0.5) is 0 Å². The summed E-state index contributed by atoms with van der Waals surface area (Å²) >= 11 is 0. The molecule has 1 aliphatic carbocycles. The van der Waals surface area contributed by atoms with E-state index in [2.05, 4.69) is 0 Å². The van der Waals surface area contributed by atoms with Gasteiger partial charge in [0.15, 0.2) is 0 Å². The standard InChI is InChI=1S/C41H30O5/c42-39-33(21-27-23-35(29-13-5-1-6-14-29)45-36(24-27)30-15-7-2-8-16-30)40(43)41(44)34(39)22-28-25-37(31-17-9-3-10-18-31)46-38(26-28)32-19-11-4-12-20-32/h1-26,33-34,39-40H/q-2. The third-order valence-electron chi connectivity index (χ3n) is 8.31. The number of ketones is 1. The zero-order valence-corrected chi connectivity index (χ0v) is 24.9. The minimum Gasteiger partial charge on any atom is -0.851 e. The quantitative estimate of drug-likeness (QED) is 0.257. The lowest BCUT2D eigenvalue weighted by Gasteiger charge is -2.31. The number of carbonyl (C=O) groups excluding carboxylic acids is 1. The van der Waals surface area contributed by atoms with E-state index in [1.165, 1.54) is 0 Å². The molecule has 5 nitrogen and oxygen atoms in total. The molecule has 1 saturated carbocycles. The molecule has 4 aromatic rings. The van der Waals surface area contributed by atoms with Crippen molar-refractivity contribution in [3.63, 3.8) is 0 Å². The van der Waals surface area contributed by atoms with Crippen molar-refractivity contribution in [3.05, 3.63) is 191 Å². The van der Waals surface area contributed by atoms with Gasteiger partial charge in [0.1, 0.15) is 28.8 Å². The first-order valence-electron chi connectivity index (χ1n) is 15.3. The van der Waals surface area contributed by atoms with Gasteiger partial charge in [-0.1, -0.05) is 140 Å². The van der Waals surface area contributed by atoms with Gasteiger partial charge in [-0.25, -0.2) is 0 Å². The minimum atomic E-state index is -1.68. The first-order valence-corrected chi connectivity index (χ1v) is 15.3. The number of hydrogen-bond acceptors (Lipinski definition) is 5. The van der Waals surface area contributed by atoms with Gasteiger partial charge in [0.05, 0.1) is 0 Å². The van der Waals surface area contributed by atoms with Crippen LogP contribution < -0.4 is 10.2 Å². The summed E-state index contributed by atoms with van der Waals surface area (Å²) in [7, 11) is 0. The van der Waals surface area contributed by atoms with E-state index in [4.69, 9.17) is 9.47 Å². The summed E-state index contributed by atoms with van der Waals surface area (Å²) in [6, 6.07) is 38.6. The van der Waals surface area contributed by atoms with E-state index in [-0.39, 0.29) is 0 Å². The van der Waals surface area contributed by atoms with Crippen LogP contribution in [0.25, 0.3) is 23.0 Å². The minimum absolute atomic E-state index is 0.595. The number of hydrogen-bond donors (Lipinski definition) is 0. The van der Waals surface area contributed by atoms with E-state index in [0.29, 0.717) is 34.2 Å². The molecule has 1 fully saturated rings. The average Bonchev–Trinajstić information content (AvgIpc) is 3.31. The molecule has 0 aromatic heterocycles. The van der Waals surface area contributed by atoms with Crippen LogP contribution in [0, 0.1) is 11.8 Å². The molecule has 2 heterocycles. The Morgan fingerprint density at radius 3 is 1.15 bits per heavy atom. The van der Waals surface area contributed by atoms with E-state index in [0.717, 1.165) is 22.3 Å². The van der Waals surface area contributed by atoms with Gasteiger partial charge in [0, 0.05) is 28.2 Å². The lowest BCUT2D eigenvalue weighted by Crippen LogP contribution is -2.40. The summed E-state index contributed by atoms with van der Waals surface area (Å²) in [5.74, 6) is -0.346. The zero-order chi connectivity index (χ0) is 31.5. The number of ether oxygens (including phenoxy) is 2. The first-order chi connectivity index (χ1) is 22.5. The van der Waals surface area contributed by atoms with Gasteiger partial charge < -0.3 is 24.5 Å². The van der Waals surface area contributed by atoms with Crippen LogP contribution in [0.3, 0.4) is 0 Å². The predicted molar refractivity (Wildman–Crippen MR) is 176 cm³/mol. The van der Waals surface area contributed by atoms with Crippen molar-refractivity contribution in [2.45, 2.75) is 12.2 Å². The molecule has 4 unspecified atom stereocenters. The average molecular weight is 603 g/mol. The molecule has 0 amide bonds. The molecular weight excluding hydrogens is 572 g/mol. The molecule has 7 rings (SSSR count). The van der Waals surface area contributed by atoms with Crippen molar-refractivity contribution >= 4 is 28.8 Å².